The summed E-state index contributed by atoms with van der Waals surface area (Å²) in [6, 6.07) is 0. The number of alkyl halides is 4. The van der Waals surface area contributed by atoms with E-state index in [0.29, 0.717) is 12.8 Å². The molecule has 4 nitrogen and oxygen atoms in total. The van der Waals surface area contributed by atoms with Crippen LogP contribution in [0.1, 0.15) is 19.3 Å². The summed E-state index contributed by atoms with van der Waals surface area (Å²) in [5, 5.41) is 4.11. The van der Waals surface area contributed by atoms with E-state index in [1.54, 1.807) is 0 Å². The van der Waals surface area contributed by atoms with Gasteiger partial charge in [-0.25, -0.2) is 0 Å². The van der Waals surface area contributed by atoms with Gasteiger partial charge in [0.15, 0.2) is 6.17 Å². The highest BCUT2D eigenvalue weighted by Gasteiger charge is 2.51. The van der Waals surface area contributed by atoms with Gasteiger partial charge in [-0.3, -0.25) is 4.79 Å². The van der Waals surface area contributed by atoms with Crippen molar-refractivity contribution in [3.63, 3.8) is 0 Å². The first-order valence-corrected chi connectivity index (χ1v) is 6.49. The normalized spacial score (nSPS) is 38.0. The summed E-state index contributed by atoms with van der Waals surface area (Å²) in [6.45, 7) is 0. The summed E-state index contributed by atoms with van der Waals surface area (Å²) in [6.07, 6.45) is -4.93. The average Bonchev–Trinajstić information content (AvgIpc) is 2.67. The molecule has 0 aromatic heterocycles. The predicted octanol–water partition coefficient (Wildman–Crippen LogP) is 1.61. The molecule has 0 radical (unpaired) electrons. The Morgan fingerprint density at radius 3 is 2.68 bits per heavy atom. The lowest BCUT2D eigenvalue weighted by molar-refractivity contribution is -0.168. The molecular formula is C11H12ClF3N2O2. The van der Waals surface area contributed by atoms with E-state index >= 15 is 0 Å². The van der Waals surface area contributed by atoms with Crippen LogP contribution in [-0.4, -0.2) is 29.7 Å². The summed E-state index contributed by atoms with van der Waals surface area (Å²) in [7, 11) is 0. The summed E-state index contributed by atoms with van der Waals surface area (Å²) in [4.78, 5) is 11.7. The van der Waals surface area contributed by atoms with Crippen LogP contribution < -0.4 is 10.6 Å². The molecule has 2 aliphatic heterocycles. The smallest absolute Gasteiger partial charge is 0.427 e. The van der Waals surface area contributed by atoms with Gasteiger partial charge in [0.25, 0.3) is 5.91 Å². The van der Waals surface area contributed by atoms with E-state index in [2.05, 4.69) is 5.32 Å². The van der Waals surface area contributed by atoms with Crippen LogP contribution in [0.4, 0.5) is 13.2 Å². The molecule has 3 aliphatic rings. The third-order valence-corrected chi connectivity index (χ3v) is 4.11. The molecule has 0 saturated heterocycles. The number of hydrogen-bond acceptors (Lipinski definition) is 3. The minimum atomic E-state index is -4.54. The van der Waals surface area contributed by atoms with E-state index in [4.69, 9.17) is 16.3 Å². The van der Waals surface area contributed by atoms with Crippen molar-refractivity contribution in [1.82, 2.24) is 10.6 Å². The van der Waals surface area contributed by atoms with Crippen molar-refractivity contribution in [3.8, 4) is 0 Å². The van der Waals surface area contributed by atoms with Crippen LogP contribution in [0.3, 0.4) is 0 Å². The predicted molar refractivity (Wildman–Crippen MR) is 60.0 cm³/mol. The van der Waals surface area contributed by atoms with Crippen LogP contribution in [0.5, 0.6) is 0 Å². The molecule has 8 heteroatoms. The number of nitrogens with one attached hydrogen (secondary N) is 2. The van der Waals surface area contributed by atoms with Gasteiger partial charge < -0.3 is 15.4 Å². The van der Waals surface area contributed by atoms with Crippen molar-refractivity contribution in [2.45, 2.75) is 43.1 Å². The standard InChI is InChI=1S/C11H12ClF3N2O2/c12-4-1-2-6-5(3-4)7-8(19-6)9(18)17-10(16-7)11(13,14)15/h4-6,10,16H,1-3H2,(H,17,18). The molecule has 0 aromatic rings. The van der Waals surface area contributed by atoms with Crippen LogP contribution in [0.2, 0.25) is 0 Å². The molecule has 3 rings (SSSR count). The molecule has 1 amide bonds. The zero-order valence-electron chi connectivity index (χ0n) is 9.76. The maximum absolute atomic E-state index is 12.7. The highest BCUT2D eigenvalue weighted by atomic mass is 35.5. The van der Waals surface area contributed by atoms with Gasteiger partial charge in [0, 0.05) is 11.3 Å². The quantitative estimate of drug-likeness (QED) is 0.668. The van der Waals surface area contributed by atoms with E-state index in [9.17, 15) is 18.0 Å². The summed E-state index contributed by atoms with van der Waals surface area (Å²) in [5.74, 6) is -1.07. The van der Waals surface area contributed by atoms with Crippen molar-refractivity contribution in [3.05, 3.63) is 11.5 Å². The van der Waals surface area contributed by atoms with Crippen molar-refractivity contribution in [1.29, 1.82) is 0 Å². The Bertz CT molecular complexity index is 452. The highest BCUT2D eigenvalue weighted by molar-refractivity contribution is 6.20. The number of amides is 1. The lowest BCUT2D eigenvalue weighted by Crippen LogP contribution is -2.58. The van der Waals surface area contributed by atoms with Crippen LogP contribution in [-0.2, 0) is 9.53 Å². The molecule has 4 atom stereocenters. The Labute approximate surface area is 112 Å². The number of carbonyl (C=O) groups is 1. The number of ether oxygens (including phenoxy) is 1. The van der Waals surface area contributed by atoms with Gasteiger partial charge >= 0.3 is 6.18 Å². The maximum atomic E-state index is 12.7. The molecule has 106 valence electrons. The Balaban J connectivity index is 1.87. The van der Waals surface area contributed by atoms with Crippen LogP contribution in [0, 0.1) is 5.92 Å². The van der Waals surface area contributed by atoms with E-state index in [-0.39, 0.29) is 28.9 Å². The van der Waals surface area contributed by atoms with Crippen molar-refractivity contribution >= 4 is 17.5 Å². The first kappa shape index (κ1) is 12.9. The SMILES string of the molecule is O=C1NC(C(F)(F)F)NC2=C1OC1CCC(Cl)CC21. The molecule has 0 spiro atoms. The lowest BCUT2D eigenvalue weighted by Gasteiger charge is -2.31. The number of hydrogen-bond donors (Lipinski definition) is 2. The number of halogens is 4. The van der Waals surface area contributed by atoms with E-state index in [1.807, 2.05) is 5.32 Å². The number of carbonyl (C=O) groups excluding carboxylic acids is 1. The summed E-state index contributed by atoms with van der Waals surface area (Å²) < 4.78 is 43.6. The third-order valence-electron chi connectivity index (χ3n) is 3.72. The molecule has 4 unspecified atom stereocenters. The van der Waals surface area contributed by atoms with Gasteiger partial charge in [0.2, 0.25) is 5.76 Å². The Hall–Kier alpha value is -1.11. The molecule has 1 saturated carbocycles. The molecule has 19 heavy (non-hydrogen) atoms. The fourth-order valence-electron chi connectivity index (χ4n) is 2.82. The van der Waals surface area contributed by atoms with Crippen molar-refractivity contribution < 1.29 is 22.7 Å². The second-order valence-electron chi connectivity index (χ2n) is 5.01. The molecule has 0 bridgehead atoms. The van der Waals surface area contributed by atoms with E-state index in [1.165, 1.54) is 0 Å². The van der Waals surface area contributed by atoms with Gasteiger partial charge in [-0.05, 0) is 19.3 Å². The zero-order chi connectivity index (χ0) is 13.8. The first-order chi connectivity index (χ1) is 8.86. The molecule has 2 N–H and O–H groups in total. The fourth-order valence-corrected chi connectivity index (χ4v) is 3.14. The van der Waals surface area contributed by atoms with Gasteiger partial charge in [0.1, 0.15) is 6.10 Å². The third kappa shape index (κ3) is 2.13. The maximum Gasteiger partial charge on any atom is 0.427 e. The summed E-state index contributed by atoms with van der Waals surface area (Å²) >= 11 is 6.05. The van der Waals surface area contributed by atoms with Gasteiger partial charge in [-0.1, -0.05) is 0 Å². The largest absolute Gasteiger partial charge is 0.483 e. The molecule has 0 aromatic carbocycles. The highest BCUT2D eigenvalue weighted by Crippen LogP contribution is 2.42. The topological polar surface area (TPSA) is 50.4 Å². The Morgan fingerprint density at radius 1 is 1.26 bits per heavy atom. The minimum Gasteiger partial charge on any atom is -0.483 e. The van der Waals surface area contributed by atoms with Crippen LogP contribution >= 0.6 is 11.6 Å². The first-order valence-electron chi connectivity index (χ1n) is 6.05. The minimum absolute atomic E-state index is 0.0127. The lowest BCUT2D eigenvalue weighted by atomic mass is 9.84. The van der Waals surface area contributed by atoms with Crippen molar-refractivity contribution in [2.24, 2.45) is 5.92 Å². The average molecular weight is 297 g/mol. The Morgan fingerprint density at radius 2 is 2.00 bits per heavy atom. The molecular weight excluding hydrogens is 285 g/mol. The molecule has 1 aliphatic carbocycles. The summed E-state index contributed by atoms with van der Waals surface area (Å²) in [5.41, 5.74) is 0.251. The van der Waals surface area contributed by atoms with Crippen LogP contribution in [0.25, 0.3) is 0 Å². The van der Waals surface area contributed by atoms with Gasteiger partial charge in [-0.15, -0.1) is 11.6 Å². The second-order valence-corrected chi connectivity index (χ2v) is 5.63. The van der Waals surface area contributed by atoms with Crippen molar-refractivity contribution in [2.75, 3.05) is 0 Å². The van der Waals surface area contributed by atoms with Gasteiger partial charge in [-0.2, -0.15) is 13.2 Å². The monoisotopic (exact) mass is 296 g/mol. The second kappa shape index (κ2) is 4.19. The molecule has 2 heterocycles. The number of rotatable bonds is 0. The van der Waals surface area contributed by atoms with E-state index in [0.717, 1.165) is 6.42 Å². The van der Waals surface area contributed by atoms with Crippen LogP contribution in [0.15, 0.2) is 11.5 Å². The van der Waals surface area contributed by atoms with E-state index < -0.39 is 18.2 Å². The number of fused-ring (bicyclic) bond motifs is 2. The molecule has 1 fully saturated rings. The fraction of sp³-hybridized carbons (Fsp3) is 0.727. The van der Waals surface area contributed by atoms with Gasteiger partial charge in [0.05, 0.1) is 5.70 Å². The zero-order valence-corrected chi connectivity index (χ0v) is 10.5. The Kier molecular flexibility index (Phi) is 2.85.